The van der Waals surface area contributed by atoms with Gasteiger partial charge in [-0.3, -0.25) is 9.59 Å². The molecule has 140 valence electrons. The quantitative estimate of drug-likeness (QED) is 0.720. The highest BCUT2D eigenvalue weighted by molar-refractivity contribution is 6.03. The van der Waals surface area contributed by atoms with Crippen LogP contribution in [-0.4, -0.2) is 24.4 Å². The maximum absolute atomic E-state index is 12.4. The molecule has 6 heteroatoms. The van der Waals surface area contributed by atoms with Crippen LogP contribution in [0, 0.1) is 11.8 Å². The number of rotatable bonds is 6. The lowest BCUT2D eigenvalue weighted by atomic mass is 9.83. The third-order valence-electron chi connectivity index (χ3n) is 4.53. The maximum Gasteiger partial charge on any atom is 0.253 e. The van der Waals surface area contributed by atoms with Crippen molar-refractivity contribution < 1.29 is 9.59 Å². The van der Waals surface area contributed by atoms with Gasteiger partial charge in [0, 0.05) is 19.0 Å². The Morgan fingerprint density at radius 2 is 1.88 bits per heavy atom. The van der Waals surface area contributed by atoms with Crippen molar-refractivity contribution in [2.24, 2.45) is 17.6 Å². The van der Waals surface area contributed by atoms with E-state index in [4.69, 9.17) is 5.73 Å². The molecule has 0 bridgehead atoms. The van der Waals surface area contributed by atoms with Gasteiger partial charge in [0.15, 0.2) is 0 Å². The number of amides is 2. The van der Waals surface area contributed by atoms with E-state index in [1.807, 2.05) is 19.9 Å². The molecule has 1 aromatic carbocycles. The van der Waals surface area contributed by atoms with Crippen molar-refractivity contribution in [3.8, 4) is 0 Å². The van der Waals surface area contributed by atoms with Crippen LogP contribution in [0.25, 0.3) is 0 Å². The summed E-state index contributed by atoms with van der Waals surface area (Å²) in [6.07, 6.45) is 4.71. The minimum absolute atomic E-state index is 0. The number of para-hydroxylation sites is 1. The van der Waals surface area contributed by atoms with E-state index in [1.165, 1.54) is 0 Å². The van der Waals surface area contributed by atoms with Gasteiger partial charge in [0.1, 0.15) is 0 Å². The lowest BCUT2D eigenvalue weighted by molar-refractivity contribution is -0.117. The molecule has 0 radical (unpaired) electrons. The molecule has 1 fully saturated rings. The second-order valence-corrected chi connectivity index (χ2v) is 7.11. The Morgan fingerprint density at radius 1 is 1.20 bits per heavy atom. The lowest BCUT2D eigenvalue weighted by Crippen LogP contribution is -2.35. The minimum Gasteiger partial charge on any atom is -0.352 e. The number of carbonyl (C=O) groups excluding carboxylic acids is 2. The number of nitrogens with two attached hydrogens (primary N) is 1. The van der Waals surface area contributed by atoms with Crippen molar-refractivity contribution in [2.75, 3.05) is 11.9 Å². The van der Waals surface area contributed by atoms with Crippen molar-refractivity contribution in [1.82, 2.24) is 5.32 Å². The van der Waals surface area contributed by atoms with E-state index in [-0.39, 0.29) is 36.2 Å². The third kappa shape index (κ3) is 6.67. The molecule has 5 nitrogen and oxygen atoms in total. The predicted molar refractivity (Wildman–Crippen MR) is 104 cm³/mol. The Bertz CT molecular complexity index is 578. The number of hydrogen-bond acceptors (Lipinski definition) is 3. The highest BCUT2D eigenvalue weighted by atomic mass is 35.5. The van der Waals surface area contributed by atoms with Crippen molar-refractivity contribution in [2.45, 2.75) is 52.0 Å². The Balaban J connectivity index is 0.00000312. The van der Waals surface area contributed by atoms with E-state index in [1.54, 1.807) is 18.2 Å². The van der Waals surface area contributed by atoms with Crippen LogP contribution in [0.2, 0.25) is 0 Å². The number of halogens is 1. The zero-order chi connectivity index (χ0) is 17.5. The zero-order valence-electron chi connectivity index (χ0n) is 15.1. The van der Waals surface area contributed by atoms with Crippen LogP contribution in [0.4, 0.5) is 5.69 Å². The molecule has 0 spiro atoms. The first-order chi connectivity index (χ1) is 11.5. The van der Waals surface area contributed by atoms with E-state index in [0.717, 1.165) is 25.7 Å². The second kappa shape index (κ2) is 10.4. The molecule has 25 heavy (non-hydrogen) atoms. The fourth-order valence-electron chi connectivity index (χ4n) is 3.11. The van der Waals surface area contributed by atoms with Gasteiger partial charge in [-0.1, -0.05) is 38.8 Å². The van der Waals surface area contributed by atoms with Gasteiger partial charge in [-0.15, -0.1) is 12.4 Å². The Hall–Kier alpha value is -1.59. The van der Waals surface area contributed by atoms with Gasteiger partial charge >= 0.3 is 0 Å². The molecule has 2 unspecified atom stereocenters. The van der Waals surface area contributed by atoms with Gasteiger partial charge in [-0.25, -0.2) is 0 Å². The molecule has 1 aliphatic carbocycles. The first kappa shape index (κ1) is 21.5. The van der Waals surface area contributed by atoms with Crippen molar-refractivity contribution in [3.05, 3.63) is 29.8 Å². The van der Waals surface area contributed by atoms with Crippen LogP contribution in [0.15, 0.2) is 24.3 Å². The first-order valence-electron chi connectivity index (χ1n) is 8.90. The SMILES string of the molecule is CC(C)CNC(=O)c1ccccc1NC(=O)CC1CCCCC1N.Cl. The summed E-state index contributed by atoms with van der Waals surface area (Å²) >= 11 is 0. The van der Waals surface area contributed by atoms with Crippen LogP contribution in [0.1, 0.15) is 56.3 Å². The summed E-state index contributed by atoms with van der Waals surface area (Å²) in [5.41, 5.74) is 7.19. The van der Waals surface area contributed by atoms with Crippen LogP contribution in [0.3, 0.4) is 0 Å². The maximum atomic E-state index is 12.4. The molecule has 0 saturated heterocycles. The second-order valence-electron chi connectivity index (χ2n) is 7.11. The molecule has 2 atom stereocenters. The van der Waals surface area contributed by atoms with Crippen LogP contribution in [-0.2, 0) is 4.79 Å². The van der Waals surface area contributed by atoms with Crippen LogP contribution >= 0.6 is 12.4 Å². The fourth-order valence-corrected chi connectivity index (χ4v) is 3.11. The van der Waals surface area contributed by atoms with Gasteiger partial charge in [0.2, 0.25) is 5.91 Å². The minimum atomic E-state index is -0.158. The largest absolute Gasteiger partial charge is 0.352 e. The monoisotopic (exact) mass is 367 g/mol. The molecule has 0 heterocycles. The number of benzene rings is 1. The average molecular weight is 368 g/mol. The van der Waals surface area contributed by atoms with E-state index in [0.29, 0.717) is 30.1 Å². The molecule has 0 aromatic heterocycles. The van der Waals surface area contributed by atoms with E-state index < -0.39 is 0 Å². The average Bonchev–Trinajstić information content (AvgIpc) is 2.55. The fraction of sp³-hybridized carbons (Fsp3) is 0.579. The Labute approximate surface area is 156 Å². The third-order valence-corrected chi connectivity index (χ3v) is 4.53. The molecule has 0 aliphatic heterocycles. The Kier molecular flexibility index (Phi) is 8.93. The molecule has 1 aromatic rings. The summed E-state index contributed by atoms with van der Waals surface area (Å²) in [7, 11) is 0. The summed E-state index contributed by atoms with van der Waals surface area (Å²) in [6, 6.07) is 7.23. The summed E-state index contributed by atoms with van der Waals surface area (Å²) < 4.78 is 0. The molecule has 1 aliphatic rings. The number of carbonyl (C=O) groups is 2. The van der Waals surface area contributed by atoms with Gasteiger partial charge in [0.25, 0.3) is 5.91 Å². The summed E-state index contributed by atoms with van der Waals surface area (Å²) in [5, 5.41) is 5.78. The molecule has 1 saturated carbocycles. The highest BCUT2D eigenvalue weighted by Gasteiger charge is 2.24. The molecular formula is C19H30ClN3O2. The van der Waals surface area contributed by atoms with Crippen molar-refractivity contribution in [1.29, 1.82) is 0 Å². The van der Waals surface area contributed by atoms with Gasteiger partial charge in [0.05, 0.1) is 11.3 Å². The van der Waals surface area contributed by atoms with Crippen LogP contribution < -0.4 is 16.4 Å². The van der Waals surface area contributed by atoms with Crippen molar-refractivity contribution in [3.63, 3.8) is 0 Å². The van der Waals surface area contributed by atoms with E-state index in [9.17, 15) is 9.59 Å². The Morgan fingerprint density at radius 3 is 2.56 bits per heavy atom. The van der Waals surface area contributed by atoms with Crippen LogP contribution in [0.5, 0.6) is 0 Å². The zero-order valence-corrected chi connectivity index (χ0v) is 15.9. The topological polar surface area (TPSA) is 84.2 Å². The standard InChI is InChI=1S/C19H29N3O2.ClH/c1-13(2)12-21-19(24)15-8-4-6-10-17(15)22-18(23)11-14-7-3-5-9-16(14)20;/h4,6,8,10,13-14,16H,3,5,7,9,11-12,20H2,1-2H3,(H,21,24)(H,22,23);1H. The van der Waals surface area contributed by atoms with Gasteiger partial charge in [-0.2, -0.15) is 0 Å². The number of anilines is 1. The number of hydrogen-bond donors (Lipinski definition) is 3. The molecular weight excluding hydrogens is 338 g/mol. The summed E-state index contributed by atoms with van der Waals surface area (Å²) in [5.74, 6) is 0.389. The predicted octanol–water partition coefficient (Wildman–Crippen LogP) is 3.34. The molecule has 4 N–H and O–H groups in total. The van der Waals surface area contributed by atoms with Gasteiger partial charge < -0.3 is 16.4 Å². The normalized spacial score (nSPS) is 19.8. The highest BCUT2D eigenvalue weighted by Crippen LogP contribution is 2.26. The smallest absolute Gasteiger partial charge is 0.253 e. The molecule has 2 rings (SSSR count). The summed E-state index contributed by atoms with van der Waals surface area (Å²) in [6.45, 7) is 4.70. The molecule has 2 amide bonds. The summed E-state index contributed by atoms with van der Waals surface area (Å²) in [4.78, 5) is 24.7. The first-order valence-corrected chi connectivity index (χ1v) is 8.90. The van der Waals surface area contributed by atoms with E-state index in [2.05, 4.69) is 10.6 Å². The van der Waals surface area contributed by atoms with Crippen molar-refractivity contribution >= 4 is 29.9 Å². The van der Waals surface area contributed by atoms with E-state index >= 15 is 0 Å². The van der Waals surface area contributed by atoms with Gasteiger partial charge in [-0.05, 0) is 36.8 Å². The number of nitrogens with one attached hydrogen (secondary N) is 2. The lowest BCUT2D eigenvalue weighted by Gasteiger charge is -2.28.